The zero-order chi connectivity index (χ0) is 10.3. The van der Waals surface area contributed by atoms with E-state index in [1.54, 1.807) is 0 Å². The van der Waals surface area contributed by atoms with E-state index < -0.39 is 0 Å². The molecule has 0 aliphatic heterocycles. The van der Waals surface area contributed by atoms with Crippen molar-refractivity contribution in [3.8, 4) is 0 Å². The lowest BCUT2D eigenvalue weighted by Crippen LogP contribution is -2.14. The summed E-state index contributed by atoms with van der Waals surface area (Å²) in [5.74, 6) is 2.63. The van der Waals surface area contributed by atoms with Crippen LogP contribution in [0.4, 0.5) is 0 Å². The van der Waals surface area contributed by atoms with Crippen molar-refractivity contribution >= 4 is 0 Å². The third kappa shape index (κ3) is 1.95. The number of nitrogens with two attached hydrogens (primary N) is 1. The molecule has 1 fully saturated rings. The van der Waals surface area contributed by atoms with Crippen molar-refractivity contribution in [2.45, 2.75) is 37.6 Å². The lowest BCUT2D eigenvalue weighted by Gasteiger charge is -2.01. The van der Waals surface area contributed by atoms with Crippen LogP contribution >= 0.6 is 0 Å². The highest BCUT2D eigenvalue weighted by atomic mass is 16.5. The van der Waals surface area contributed by atoms with E-state index in [0.29, 0.717) is 0 Å². The number of nitrogens with zero attached hydrogens (tertiary/aromatic N) is 2. The fourth-order valence-corrected chi connectivity index (χ4v) is 1.99. The Labute approximate surface area is 88.5 Å². The highest BCUT2D eigenvalue weighted by Crippen LogP contribution is 2.32. The van der Waals surface area contributed by atoms with Gasteiger partial charge in [0.15, 0.2) is 5.82 Å². The van der Waals surface area contributed by atoms with Crippen LogP contribution in [0, 0.1) is 5.92 Å². The second kappa shape index (κ2) is 3.45. The van der Waals surface area contributed by atoms with Crippen molar-refractivity contribution in [1.29, 1.82) is 0 Å². The number of allylic oxidation sites excluding steroid dienone is 1. The summed E-state index contributed by atoms with van der Waals surface area (Å²) in [4.78, 5) is 4.42. The van der Waals surface area contributed by atoms with E-state index in [1.165, 1.54) is 12.8 Å². The molecule has 1 heterocycles. The lowest BCUT2D eigenvalue weighted by molar-refractivity contribution is 0.359. The molecular formula is C11H15N3O. The first-order valence-electron chi connectivity index (χ1n) is 5.57. The van der Waals surface area contributed by atoms with Gasteiger partial charge in [-0.1, -0.05) is 17.3 Å². The third-order valence-corrected chi connectivity index (χ3v) is 3.09. The van der Waals surface area contributed by atoms with Gasteiger partial charge >= 0.3 is 0 Å². The predicted molar refractivity (Wildman–Crippen MR) is 55.2 cm³/mol. The standard InChI is InChI=1S/C11H15N3O/c12-9-4-3-8(6-9)11-13-10(14-15-11)5-7-1-2-7/h3-4,7-9H,1-2,5-6,12H2. The summed E-state index contributed by atoms with van der Waals surface area (Å²) in [5.41, 5.74) is 5.78. The van der Waals surface area contributed by atoms with Gasteiger partial charge in [0.1, 0.15) is 0 Å². The van der Waals surface area contributed by atoms with Crippen LogP contribution in [0.2, 0.25) is 0 Å². The minimum Gasteiger partial charge on any atom is -0.339 e. The zero-order valence-corrected chi connectivity index (χ0v) is 8.60. The molecule has 0 amide bonds. The van der Waals surface area contributed by atoms with Gasteiger partial charge in [0.25, 0.3) is 0 Å². The molecule has 3 rings (SSSR count). The molecule has 1 saturated carbocycles. The molecule has 2 N–H and O–H groups in total. The maximum absolute atomic E-state index is 5.78. The molecule has 2 unspecified atom stereocenters. The van der Waals surface area contributed by atoms with Gasteiger partial charge in [-0.15, -0.1) is 0 Å². The predicted octanol–water partition coefficient (Wildman–Crippen LogP) is 1.39. The van der Waals surface area contributed by atoms with E-state index in [0.717, 1.165) is 30.5 Å². The van der Waals surface area contributed by atoms with Crippen LogP contribution in [0.3, 0.4) is 0 Å². The number of hydrogen-bond acceptors (Lipinski definition) is 4. The molecule has 0 spiro atoms. The topological polar surface area (TPSA) is 64.9 Å². The maximum atomic E-state index is 5.78. The van der Waals surface area contributed by atoms with E-state index in [2.05, 4.69) is 16.2 Å². The molecule has 2 atom stereocenters. The van der Waals surface area contributed by atoms with Crippen LogP contribution in [0.25, 0.3) is 0 Å². The average Bonchev–Trinajstić information content (AvgIpc) is 2.74. The molecular weight excluding hydrogens is 190 g/mol. The van der Waals surface area contributed by atoms with Gasteiger partial charge in [0.2, 0.25) is 5.89 Å². The van der Waals surface area contributed by atoms with Gasteiger partial charge in [-0.05, 0) is 25.2 Å². The van der Waals surface area contributed by atoms with E-state index in [-0.39, 0.29) is 12.0 Å². The molecule has 15 heavy (non-hydrogen) atoms. The summed E-state index contributed by atoms with van der Waals surface area (Å²) in [6.07, 6.45) is 8.59. The first-order chi connectivity index (χ1) is 7.31. The van der Waals surface area contributed by atoms with Crippen LogP contribution in [-0.2, 0) is 6.42 Å². The molecule has 0 aromatic carbocycles. The molecule has 4 nitrogen and oxygen atoms in total. The Bertz CT molecular complexity index is 381. The van der Waals surface area contributed by atoms with Crippen LogP contribution in [0.1, 0.15) is 36.9 Å². The third-order valence-electron chi connectivity index (χ3n) is 3.09. The van der Waals surface area contributed by atoms with E-state index in [9.17, 15) is 0 Å². The summed E-state index contributed by atoms with van der Waals surface area (Å²) in [6, 6.07) is 0.147. The van der Waals surface area contributed by atoms with Gasteiger partial charge in [0.05, 0.1) is 5.92 Å². The van der Waals surface area contributed by atoms with Crippen molar-refractivity contribution in [3.05, 3.63) is 23.9 Å². The lowest BCUT2D eigenvalue weighted by atomic mass is 10.1. The van der Waals surface area contributed by atoms with Crippen LogP contribution < -0.4 is 5.73 Å². The summed E-state index contributed by atoms with van der Waals surface area (Å²) in [5, 5.41) is 4.01. The molecule has 4 heteroatoms. The van der Waals surface area contributed by atoms with E-state index in [4.69, 9.17) is 10.3 Å². The van der Waals surface area contributed by atoms with Crippen molar-refractivity contribution in [1.82, 2.24) is 10.1 Å². The Morgan fingerprint density at radius 2 is 2.27 bits per heavy atom. The molecule has 0 radical (unpaired) electrons. The van der Waals surface area contributed by atoms with Gasteiger partial charge < -0.3 is 10.3 Å². The van der Waals surface area contributed by atoms with Crippen molar-refractivity contribution in [2.24, 2.45) is 11.7 Å². The molecule has 1 aromatic heterocycles. The maximum Gasteiger partial charge on any atom is 0.233 e. The largest absolute Gasteiger partial charge is 0.339 e. The van der Waals surface area contributed by atoms with Crippen LogP contribution in [0.15, 0.2) is 16.7 Å². The molecule has 1 aromatic rings. The Kier molecular flexibility index (Phi) is 2.09. The number of aromatic nitrogens is 2. The Morgan fingerprint density at radius 3 is 2.93 bits per heavy atom. The second-order valence-corrected chi connectivity index (χ2v) is 4.59. The second-order valence-electron chi connectivity index (χ2n) is 4.59. The number of rotatable bonds is 3. The molecule has 0 bridgehead atoms. The summed E-state index contributed by atoms with van der Waals surface area (Å²) in [7, 11) is 0. The van der Waals surface area contributed by atoms with E-state index >= 15 is 0 Å². The smallest absolute Gasteiger partial charge is 0.233 e. The highest BCUT2D eigenvalue weighted by Gasteiger charge is 2.26. The van der Waals surface area contributed by atoms with Gasteiger partial charge in [-0.3, -0.25) is 0 Å². The van der Waals surface area contributed by atoms with Gasteiger partial charge in [-0.25, -0.2) is 0 Å². The highest BCUT2D eigenvalue weighted by molar-refractivity contribution is 5.15. The average molecular weight is 205 g/mol. The van der Waals surface area contributed by atoms with E-state index in [1.807, 2.05) is 6.08 Å². The Hall–Kier alpha value is -1.16. The summed E-state index contributed by atoms with van der Waals surface area (Å²) in [6.45, 7) is 0. The van der Waals surface area contributed by atoms with Gasteiger partial charge in [0, 0.05) is 12.5 Å². The Morgan fingerprint density at radius 1 is 1.40 bits per heavy atom. The molecule has 0 saturated heterocycles. The summed E-state index contributed by atoms with van der Waals surface area (Å²) >= 11 is 0. The zero-order valence-electron chi connectivity index (χ0n) is 8.60. The summed E-state index contributed by atoms with van der Waals surface area (Å²) < 4.78 is 5.26. The minimum atomic E-state index is 0.147. The normalized spacial score (nSPS) is 29.9. The molecule has 80 valence electrons. The van der Waals surface area contributed by atoms with Gasteiger partial charge in [-0.2, -0.15) is 4.98 Å². The van der Waals surface area contributed by atoms with Crippen LogP contribution in [0.5, 0.6) is 0 Å². The fraction of sp³-hybridized carbons (Fsp3) is 0.636. The van der Waals surface area contributed by atoms with Crippen LogP contribution in [-0.4, -0.2) is 16.2 Å². The monoisotopic (exact) mass is 205 g/mol. The first kappa shape index (κ1) is 9.09. The Balaban J connectivity index is 1.69. The quantitative estimate of drug-likeness (QED) is 0.757. The SMILES string of the molecule is NC1C=CC(c2nc(CC3CC3)no2)C1. The molecule has 2 aliphatic rings. The first-order valence-corrected chi connectivity index (χ1v) is 5.57. The van der Waals surface area contributed by atoms with Crippen molar-refractivity contribution in [3.63, 3.8) is 0 Å². The molecule has 2 aliphatic carbocycles. The van der Waals surface area contributed by atoms with Crippen molar-refractivity contribution < 1.29 is 4.52 Å². The fourth-order valence-electron chi connectivity index (χ4n) is 1.99. The number of hydrogen-bond donors (Lipinski definition) is 1. The minimum absolute atomic E-state index is 0.147. The van der Waals surface area contributed by atoms with Crippen molar-refractivity contribution in [2.75, 3.05) is 0 Å².